The summed E-state index contributed by atoms with van der Waals surface area (Å²) < 4.78 is 26.9. The second-order valence-electron chi connectivity index (χ2n) is 4.33. The van der Waals surface area contributed by atoms with Gasteiger partial charge < -0.3 is 5.32 Å². The number of nitrogens with zero attached hydrogens (tertiary/aromatic N) is 2. The number of amides is 1. The van der Waals surface area contributed by atoms with E-state index in [9.17, 15) is 13.6 Å². The lowest BCUT2D eigenvalue weighted by molar-refractivity contribution is -0.116. The van der Waals surface area contributed by atoms with Crippen LogP contribution in [0.1, 0.15) is 19.5 Å². The summed E-state index contributed by atoms with van der Waals surface area (Å²) in [7, 11) is 0. The van der Waals surface area contributed by atoms with Crippen LogP contribution in [-0.2, 0) is 11.3 Å². The topological polar surface area (TPSA) is 45.2 Å². The van der Waals surface area contributed by atoms with Crippen molar-refractivity contribution >= 4 is 28.1 Å². The number of rotatable bonds is 5. The highest BCUT2D eigenvalue weighted by Gasteiger charge is 2.14. The van der Waals surface area contributed by atoms with Crippen LogP contribution >= 0.6 is 11.3 Å². The number of nitrogens with one attached hydrogen (secondary N) is 1. The van der Waals surface area contributed by atoms with Gasteiger partial charge in [0.2, 0.25) is 5.91 Å². The van der Waals surface area contributed by atoms with Crippen molar-refractivity contribution in [3.8, 4) is 0 Å². The molecule has 2 rings (SSSR count). The number of halogens is 2. The van der Waals surface area contributed by atoms with Gasteiger partial charge in [-0.2, -0.15) is 0 Å². The van der Waals surface area contributed by atoms with E-state index in [-0.39, 0.29) is 18.1 Å². The number of thiazole rings is 1. The van der Waals surface area contributed by atoms with E-state index in [1.807, 2.05) is 6.92 Å². The number of anilines is 2. The molecule has 4 nitrogen and oxygen atoms in total. The Morgan fingerprint density at radius 3 is 2.62 bits per heavy atom. The molecule has 0 spiro atoms. The fourth-order valence-electron chi connectivity index (χ4n) is 1.84. The molecule has 112 valence electrons. The van der Waals surface area contributed by atoms with E-state index in [4.69, 9.17) is 0 Å². The molecule has 1 N–H and O–H groups in total. The molecule has 1 amide bonds. The van der Waals surface area contributed by atoms with E-state index in [1.165, 1.54) is 41.4 Å². The van der Waals surface area contributed by atoms with Crippen molar-refractivity contribution in [3.05, 3.63) is 40.9 Å². The van der Waals surface area contributed by atoms with Gasteiger partial charge in [-0.1, -0.05) is 6.07 Å². The van der Waals surface area contributed by atoms with E-state index in [2.05, 4.69) is 10.3 Å². The van der Waals surface area contributed by atoms with Gasteiger partial charge in [0.1, 0.15) is 17.3 Å². The van der Waals surface area contributed by atoms with Crippen LogP contribution < -0.4 is 10.2 Å². The van der Waals surface area contributed by atoms with Crippen molar-refractivity contribution in [3.63, 3.8) is 0 Å². The van der Waals surface area contributed by atoms with Crippen LogP contribution in [0.5, 0.6) is 0 Å². The highest BCUT2D eigenvalue weighted by Crippen LogP contribution is 2.23. The Balaban J connectivity index is 2.08. The third kappa shape index (κ3) is 3.55. The van der Waals surface area contributed by atoms with Crippen LogP contribution in [0.25, 0.3) is 0 Å². The number of benzene rings is 1. The second-order valence-corrected chi connectivity index (χ2v) is 5.17. The zero-order valence-electron chi connectivity index (χ0n) is 11.7. The molecule has 0 aliphatic rings. The van der Waals surface area contributed by atoms with Gasteiger partial charge in [-0.15, -0.1) is 11.3 Å². The molecule has 1 aromatic heterocycles. The average molecular weight is 311 g/mol. The SMILES string of the molecule is CCN(C(C)=O)c1nc(CNc2c(F)cccc2F)cs1. The maximum absolute atomic E-state index is 13.5. The minimum atomic E-state index is -0.649. The minimum Gasteiger partial charge on any atom is -0.375 e. The number of carbonyl (C=O) groups is 1. The Bertz CT molecular complexity index is 625. The van der Waals surface area contributed by atoms with Gasteiger partial charge in [0.05, 0.1) is 12.2 Å². The predicted octanol–water partition coefficient (Wildman–Crippen LogP) is 3.41. The lowest BCUT2D eigenvalue weighted by Gasteiger charge is -2.14. The van der Waals surface area contributed by atoms with E-state index in [0.717, 1.165) is 0 Å². The molecule has 0 saturated carbocycles. The molecule has 0 fully saturated rings. The monoisotopic (exact) mass is 311 g/mol. The van der Waals surface area contributed by atoms with Crippen molar-refractivity contribution < 1.29 is 13.6 Å². The molecule has 1 heterocycles. The van der Waals surface area contributed by atoms with Gasteiger partial charge in [-0.05, 0) is 19.1 Å². The second kappa shape index (κ2) is 6.62. The zero-order chi connectivity index (χ0) is 15.4. The standard InChI is InChI=1S/C14H15F2N3OS/c1-3-19(9(2)20)14-18-10(8-21-14)7-17-13-11(15)5-4-6-12(13)16/h4-6,8,17H,3,7H2,1-2H3. The average Bonchev–Trinajstić information content (AvgIpc) is 2.87. The van der Waals surface area contributed by atoms with Crippen LogP contribution in [0.3, 0.4) is 0 Å². The summed E-state index contributed by atoms with van der Waals surface area (Å²) in [6.45, 7) is 4.04. The van der Waals surface area contributed by atoms with Gasteiger partial charge in [-0.25, -0.2) is 13.8 Å². The Morgan fingerprint density at radius 1 is 1.38 bits per heavy atom. The molecule has 21 heavy (non-hydrogen) atoms. The fraction of sp³-hybridized carbons (Fsp3) is 0.286. The number of hydrogen-bond acceptors (Lipinski definition) is 4. The summed E-state index contributed by atoms with van der Waals surface area (Å²) in [5.41, 5.74) is 0.448. The Labute approximate surface area is 125 Å². The van der Waals surface area contributed by atoms with Gasteiger partial charge >= 0.3 is 0 Å². The van der Waals surface area contributed by atoms with E-state index in [1.54, 1.807) is 5.38 Å². The highest BCUT2D eigenvalue weighted by atomic mass is 32.1. The summed E-state index contributed by atoms with van der Waals surface area (Å²) in [6, 6.07) is 3.68. The summed E-state index contributed by atoms with van der Waals surface area (Å²) in [4.78, 5) is 17.3. The fourth-order valence-corrected chi connectivity index (χ4v) is 2.77. The number of hydrogen-bond donors (Lipinski definition) is 1. The number of carbonyl (C=O) groups excluding carboxylic acids is 1. The third-order valence-electron chi connectivity index (χ3n) is 2.88. The predicted molar refractivity (Wildman–Crippen MR) is 79.5 cm³/mol. The van der Waals surface area contributed by atoms with Crippen LogP contribution in [0, 0.1) is 11.6 Å². The highest BCUT2D eigenvalue weighted by molar-refractivity contribution is 7.14. The number of aromatic nitrogens is 1. The van der Waals surface area contributed by atoms with Gasteiger partial charge in [0, 0.05) is 18.8 Å². The summed E-state index contributed by atoms with van der Waals surface area (Å²) in [6.07, 6.45) is 0. The molecule has 0 radical (unpaired) electrons. The normalized spacial score (nSPS) is 10.5. The van der Waals surface area contributed by atoms with Gasteiger partial charge in [-0.3, -0.25) is 9.69 Å². The lowest BCUT2D eigenvalue weighted by atomic mass is 10.3. The maximum Gasteiger partial charge on any atom is 0.225 e. The van der Waals surface area contributed by atoms with Crippen molar-refractivity contribution in [2.45, 2.75) is 20.4 Å². The van der Waals surface area contributed by atoms with Crippen molar-refractivity contribution in [2.24, 2.45) is 0 Å². The summed E-state index contributed by atoms with van der Waals surface area (Å²) >= 11 is 1.32. The Morgan fingerprint density at radius 2 is 2.05 bits per heavy atom. The minimum absolute atomic E-state index is 0.0912. The first-order valence-corrected chi connectivity index (χ1v) is 7.31. The number of para-hydroxylation sites is 1. The first kappa shape index (κ1) is 15.4. The zero-order valence-corrected chi connectivity index (χ0v) is 12.5. The van der Waals surface area contributed by atoms with Crippen LogP contribution in [-0.4, -0.2) is 17.4 Å². The molecule has 7 heteroatoms. The first-order chi connectivity index (χ1) is 10.0. The van der Waals surface area contributed by atoms with Gasteiger partial charge in [0.25, 0.3) is 0 Å². The Kier molecular flexibility index (Phi) is 4.85. The van der Waals surface area contributed by atoms with Crippen molar-refractivity contribution in [2.75, 3.05) is 16.8 Å². The molecule has 0 aliphatic heterocycles. The molecule has 2 aromatic rings. The molecule has 0 aliphatic carbocycles. The van der Waals surface area contributed by atoms with Crippen LogP contribution in [0.2, 0.25) is 0 Å². The van der Waals surface area contributed by atoms with Crippen LogP contribution in [0.4, 0.5) is 19.6 Å². The Hall–Kier alpha value is -2.02. The van der Waals surface area contributed by atoms with Gasteiger partial charge in [0.15, 0.2) is 5.13 Å². The van der Waals surface area contributed by atoms with Crippen molar-refractivity contribution in [1.29, 1.82) is 0 Å². The first-order valence-electron chi connectivity index (χ1n) is 6.43. The maximum atomic E-state index is 13.5. The van der Waals surface area contributed by atoms with Crippen molar-refractivity contribution in [1.82, 2.24) is 4.98 Å². The summed E-state index contributed by atoms with van der Waals surface area (Å²) in [5.74, 6) is -1.39. The molecule has 1 aromatic carbocycles. The molecular formula is C14H15F2N3OS. The van der Waals surface area contributed by atoms with Crippen LogP contribution in [0.15, 0.2) is 23.6 Å². The molecular weight excluding hydrogens is 296 g/mol. The smallest absolute Gasteiger partial charge is 0.225 e. The van der Waals surface area contributed by atoms with E-state index in [0.29, 0.717) is 17.4 Å². The molecule has 0 saturated heterocycles. The van der Waals surface area contributed by atoms with E-state index >= 15 is 0 Å². The largest absolute Gasteiger partial charge is 0.375 e. The molecule has 0 bridgehead atoms. The summed E-state index contributed by atoms with van der Waals surface area (Å²) in [5, 5.41) is 5.02. The molecule has 0 unspecified atom stereocenters. The third-order valence-corrected chi connectivity index (χ3v) is 3.79. The lowest BCUT2D eigenvalue weighted by Crippen LogP contribution is -2.27. The quantitative estimate of drug-likeness (QED) is 0.920. The van der Waals surface area contributed by atoms with E-state index < -0.39 is 11.6 Å². The molecule has 0 atom stereocenters.